The van der Waals surface area contributed by atoms with Crippen LogP contribution in [0.15, 0.2) is 125 Å². The number of aryl methyl sites for hydroxylation is 1. The number of carbonyl (C=O) groups excluding carboxylic acids is 1. The Hall–Kier alpha value is -5.11. The van der Waals surface area contributed by atoms with Crippen molar-refractivity contribution in [3.05, 3.63) is 142 Å². The molecule has 8 N–H and O–H groups in total. The highest BCUT2D eigenvalue weighted by Gasteiger charge is 2.25. The summed E-state index contributed by atoms with van der Waals surface area (Å²) in [5.41, 5.74) is 24.3. The highest BCUT2D eigenvalue weighted by Crippen LogP contribution is 2.39. The minimum Gasteiger partial charge on any atom is -0.512 e. The average molecular weight is 805 g/mol. The molecule has 4 aromatic carbocycles. The van der Waals surface area contributed by atoms with Gasteiger partial charge in [0.1, 0.15) is 5.76 Å². The molecule has 0 heterocycles. The minimum atomic E-state index is -0.189. The number of nitrogens with two attached hydrogens (primary N) is 3. The molecule has 1 aliphatic carbocycles. The molecule has 0 unspecified atom stereocenters. The molecule has 0 atom stereocenters. The van der Waals surface area contributed by atoms with Crippen LogP contribution in [0.3, 0.4) is 0 Å². The van der Waals surface area contributed by atoms with Crippen LogP contribution in [0, 0.1) is 12.3 Å². The Kier molecular flexibility index (Phi) is 26.6. The maximum Gasteiger partial charge on any atom is 0.163 e. The highest BCUT2D eigenvalue weighted by molar-refractivity contribution is 7.80. The topological polar surface area (TPSA) is 139 Å². The van der Waals surface area contributed by atoms with Gasteiger partial charge in [-0.2, -0.15) is 0 Å². The first-order chi connectivity index (χ1) is 27.6. The van der Waals surface area contributed by atoms with Crippen molar-refractivity contribution in [3.63, 3.8) is 0 Å². The quantitative estimate of drug-likeness (QED) is 0.0414. The molecule has 6 nitrogen and oxygen atoms in total. The number of aliphatic hydroxyl groups is 1. The van der Waals surface area contributed by atoms with Crippen molar-refractivity contribution >= 4 is 61.5 Å². The van der Waals surface area contributed by atoms with Crippen molar-refractivity contribution in [1.82, 2.24) is 0 Å². The van der Waals surface area contributed by atoms with E-state index < -0.39 is 0 Å². The summed E-state index contributed by atoms with van der Waals surface area (Å²) in [5, 5.41) is 23.8. The predicted octanol–water partition coefficient (Wildman–Crippen LogP) is 13.9. The number of aliphatic hydroxyl groups excluding tert-OH is 1. The van der Waals surface area contributed by atoms with Crippen LogP contribution in [0.5, 0.6) is 0 Å². The molecule has 0 saturated heterocycles. The Morgan fingerprint density at radius 2 is 1.22 bits per heavy atom. The third-order valence-electron chi connectivity index (χ3n) is 8.02. The fourth-order valence-corrected chi connectivity index (χ4v) is 6.03. The summed E-state index contributed by atoms with van der Waals surface area (Å²) >= 11 is 4.31. The number of allylic oxidation sites excluding steroid dienone is 10. The fourth-order valence-electron chi connectivity index (χ4n) is 6.03. The number of nitrogen functional groups attached to an aromatic ring is 1. The second-order valence-electron chi connectivity index (χ2n) is 14.1. The monoisotopic (exact) mass is 805 g/mol. The number of ketones is 1. The van der Waals surface area contributed by atoms with E-state index in [-0.39, 0.29) is 11.5 Å². The standard InChI is InChI=1S/C38H36N2O2.3C3H8.C2H5NS.C2H7N/c1-23(31-14-6-12-28-13-8-16-34(40)38(28)31)17-18-29-19-20-30(37(29)36(25(3)41)26(4)42)21-22-33(39)32-15-7-11-27-10-5-9-24(2)35(27)32;3*1-3-2;1-2(3)4;1-2-3/h5-18,21-22,39,41H,19-20,40H2,1-4H3;3*3H2,1-2H3;1H3,(H2,3,4);2-3H2,1H3/b22-21?,23-17+,29-18+,36-25?,39-33?;;;;;. The zero-order chi connectivity index (χ0) is 44.4. The Bertz CT molecular complexity index is 2070. The molecule has 5 rings (SSSR count). The van der Waals surface area contributed by atoms with Crippen LogP contribution >= 0.6 is 12.2 Å². The number of hydrogen-bond acceptors (Lipinski definition) is 6. The number of benzene rings is 4. The molecule has 1 aliphatic rings. The summed E-state index contributed by atoms with van der Waals surface area (Å²) in [6.07, 6.45) is 13.0. The lowest BCUT2D eigenvalue weighted by Crippen LogP contribution is -2.05. The lowest BCUT2D eigenvalue weighted by atomic mass is 9.92. The van der Waals surface area contributed by atoms with Gasteiger partial charge in [-0.3, -0.25) is 4.79 Å². The van der Waals surface area contributed by atoms with Gasteiger partial charge in [0, 0.05) is 16.6 Å². The Balaban J connectivity index is 0.00000175. The zero-order valence-corrected chi connectivity index (χ0v) is 38.3. The number of fused-ring (bicyclic) bond motifs is 2. The van der Waals surface area contributed by atoms with Crippen molar-refractivity contribution in [2.45, 2.75) is 115 Å². The van der Waals surface area contributed by atoms with E-state index in [1.54, 1.807) is 13.8 Å². The van der Waals surface area contributed by atoms with Gasteiger partial charge in [0.2, 0.25) is 0 Å². The molecule has 0 fully saturated rings. The maximum atomic E-state index is 12.8. The molecular formula is C51H72N4O2S. The second kappa shape index (κ2) is 29.2. The first-order valence-electron chi connectivity index (χ1n) is 20.6. The molecular weight excluding hydrogens is 733 g/mol. The smallest absolute Gasteiger partial charge is 0.163 e. The largest absolute Gasteiger partial charge is 0.512 e. The molecule has 0 saturated carbocycles. The summed E-state index contributed by atoms with van der Waals surface area (Å²) < 4.78 is 0. The Morgan fingerprint density at radius 3 is 1.71 bits per heavy atom. The number of carbonyl (C=O) groups is 1. The van der Waals surface area contributed by atoms with E-state index in [2.05, 4.69) is 116 Å². The van der Waals surface area contributed by atoms with Gasteiger partial charge in [-0.25, -0.2) is 0 Å². The van der Waals surface area contributed by atoms with Crippen molar-refractivity contribution in [2.75, 3.05) is 12.3 Å². The van der Waals surface area contributed by atoms with Crippen LogP contribution in [-0.2, 0) is 4.79 Å². The summed E-state index contributed by atoms with van der Waals surface area (Å²) in [6.45, 7) is 24.2. The molecule has 7 heteroatoms. The molecule has 4 aromatic rings. The van der Waals surface area contributed by atoms with Gasteiger partial charge >= 0.3 is 0 Å². The van der Waals surface area contributed by atoms with Crippen LogP contribution in [-0.4, -0.2) is 28.1 Å². The van der Waals surface area contributed by atoms with Crippen LogP contribution in [0.4, 0.5) is 5.69 Å². The lowest BCUT2D eigenvalue weighted by Gasteiger charge is -2.12. The third kappa shape index (κ3) is 17.2. The zero-order valence-electron chi connectivity index (χ0n) is 37.5. The van der Waals surface area contributed by atoms with E-state index in [4.69, 9.17) is 22.6 Å². The molecule has 0 spiro atoms. The van der Waals surface area contributed by atoms with Gasteiger partial charge < -0.3 is 27.7 Å². The van der Waals surface area contributed by atoms with Gasteiger partial charge in [0.15, 0.2) is 5.78 Å². The van der Waals surface area contributed by atoms with Crippen molar-refractivity contribution in [3.8, 4) is 0 Å². The van der Waals surface area contributed by atoms with Gasteiger partial charge in [-0.05, 0) is 116 Å². The van der Waals surface area contributed by atoms with E-state index in [1.807, 2.05) is 55.5 Å². The number of anilines is 1. The fraction of sp³-hybridized carbons (Fsp3) is 0.353. The summed E-state index contributed by atoms with van der Waals surface area (Å²) in [4.78, 5) is 13.3. The summed E-state index contributed by atoms with van der Waals surface area (Å²) in [7, 11) is 0. The van der Waals surface area contributed by atoms with Crippen molar-refractivity contribution in [1.29, 1.82) is 5.41 Å². The molecule has 0 amide bonds. The highest BCUT2D eigenvalue weighted by atomic mass is 32.1. The van der Waals surface area contributed by atoms with Crippen LogP contribution < -0.4 is 17.2 Å². The Labute approximate surface area is 356 Å². The third-order valence-corrected chi connectivity index (χ3v) is 8.02. The molecule has 314 valence electrons. The molecule has 0 radical (unpaired) electrons. The van der Waals surface area contributed by atoms with Crippen LogP contribution in [0.2, 0.25) is 0 Å². The van der Waals surface area contributed by atoms with E-state index in [0.29, 0.717) is 22.7 Å². The van der Waals surface area contributed by atoms with E-state index >= 15 is 0 Å². The molecule has 0 aliphatic heterocycles. The predicted molar refractivity (Wildman–Crippen MR) is 262 cm³/mol. The first-order valence-corrected chi connectivity index (χ1v) is 21.0. The Morgan fingerprint density at radius 1 is 0.776 bits per heavy atom. The average Bonchev–Trinajstić information content (AvgIpc) is 3.55. The molecule has 0 bridgehead atoms. The van der Waals surface area contributed by atoms with E-state index in [9.17, 15) is 9.90 Å². The number of rotatable bonds is 7. The first kappa shape index (κ1) is 52.9. The number of Topliss-reactive ketones (excluding diaryl/α,β-unsaturated/α-hetero) is 1. The lowest BCUT2D eigenvalue weighted by molar-refractivity contribution is -0.113. The van der Waals surface area contributed by atoms with Gasteiger partial charge in [-0.15, -0.1) is 0 Å². The van der Waals surface area contributed by atoms with E-state index in [0.717, 1.165) is 79.2 Å². The summed E-state index contributed by atoms with van der Waals surface area (Å²) in [5.74, 6) is -0.190. The SMILES string of the molecule is CC(=O)C(=C(C)O)C1=C(C=CC(=N)c2cccc3cccc(C)c23)CC/C1=C\C=C(/C)c1cccc2cccc(N)c12.CC(N)=S.CCC.CCC.CCC.CCN. The number of thiocarbonyl (C=S) groups is 1. The van der Waals surface area contributed by atoms with Crippen LogP contribution in [0.1, 0.15) is 125 Å². The van der Waals surface area contributed by atoms with Crippen LogP contribution in [0.25, 0.3) is 27.1 Å². The number of hydrogen-bond donors (Lipinski definition) is 5. The second-order valence-corrected chi connectivity index (χ2v) is 14.7. The molecule has 0 aromatic heterocycles. The van der Waals surface area contributed by atoms with Crippen molar-refractivity contribution < 1.29 is 9.90 Å². The van der Waals surface area contributed by atoms with E-state index in [1.165, 1.54) is 26.2 Å². The normalized spacial score (nSPS) is 13.1. The van der Waals surface area contributed by atoms with Gasteiger partial charge in [0.25, 0.3) is 0 Å². The summed E-state index contributed by atoms with van der Waals surface area (Å²) in [6, 6.07) is 24.3. The minimum absolute atomic E-state index is 0.00140. The number of nitrogens with one attached hydrogen (secondary N) is 1. The van der Waals surface area contributed by atoms with Gasteiger partial charge in [0.05, 0.1) is 16.3 Å². The van der Waals surface area contributed by atoms with Crippen molar-refractivity contribution in [2.24, 2.45) is 11.5 Å². The van der Waals surface area contributed by atoms with Gasteiger partial charge in [-0.1, -0.05) is 165 Å². The maximum absolute atomic E-state index is 12.8. The molecule has 58 heavy (non-hydrogen) atoms.